The van der Waals surface area contributed by atoms with E-state index in [4.69, 9.17) is 9.47 Å². The number of hydrogen-bond acceptors (Lipinski definition) is 7. The van der Waals surface area contributed by atoms with Crippen molar-refractivity contribution >= 4 is 29.1 Å². The van der Waals surface area contributed by atoms with Crippen molar-refractivity contribution in [2.45, 2.75) is 4.21 Å². The second-order valence-corrected chi connectivity index (χ2v) is 5.34. The molecule has 0 unspecified atom stereocenters. The van der Waals surface area contributed by atoms with E-state index in [0.717, 1.165) is 4.21 Å². The predicted octanol–water partition coefficient (Wildman–Crippen LogP) is 2.22. The number of carbonyl (C=O) groups excluding carboxylic acids is 1. The van der Waals surface area contributed by atoms with Crippen LogP contribution in [-0.4, -0.2) is 28.4 Å². The Morgan fingerprint density at radius 3 is 3.06 bits per heavy atom. The molecule has 0 saturated heterocycles. The highest BCUT2D eigenvalue weighted by Crippen LogP contribution is 2.33. The highest BCUT2D eigenvalue weighted by atomic mass is 32.2. The number of benzene rings is 1. The fraction of sp³-hybridized carbons (Fsp3) is 0.182. The van der Waals surface area contributed by atoms with E-state index in [-0.39, 0.29) is 12.6 Å². The van der Waals surface area contributed by atoms with Crippen LogP contribution in [0.1, 0.15) is 16.1 Å². The molecule has 1 aromatic carbocycles. The average Bonchev–Trinajstić information content (AvgIpc) is 3.05. The van der Waals surface area contributed by atoms with Gasteiger partial charge in [0, 0.05) is 5.56 Å². The molecule has 0 spiro atoms. The van der Waals surface area contributed by atoms with Gasteiger partial charge in [0.05, 0.1) is 0 Å². The smallest absolute Gasteiger partial charge is 0.231 e. The van der Waals surface area contributed by atoms with Gasteiger partial charge in [0.15, 0.2) is 17.2 Å². The van der Waals surface area contributed by atoms with Gasteiger partial charge in [-0.2, -0.15) is 0 Å². The van der Waals surface area contributed by atoms with Gasteiger partial charge < -0.3 is 9.47 Å². The molecule has 3 rings (SSSR count). The molecule has 5 nitrogen and oxygen atoms in total. The topological polar surface area (TPSA) is 61.3 Å². The lowest BCUT2D eigenvalue weighted by Crippen LogP contribution is -2.03. The summed E-state index contributed by atoms with van der Waals surface area (Å²) < 4.78 is 15.1. The van der Waals surface area contributed by atoms with Gasteiger partial charge in [-0.15, -0.1) is 16.9 Å². The van der Waals surface area contributed by atoms with Crippen molar-refractivity contribution in [3.63, 3.8) is 0 Å². The Labute approximate surface area is 111 Å². The Balaban J connectivity index is 1.98. The van der Waals surface area contributed by atoms with E-state index >= 15 is 0 Å². The van der Waals surface area contributed by atoms with Crippen LogP contribution in [0.2, 0.25) is 0 Å². The van der Waals surface area contributed by atoms with Gasteiger partial charge in [-0.05, 0) is 36.0 Å². The lowest BCUT2D eigenvalue weighted by molar-refractivity contribution is 0.103. The van der Waals surface area contributed by atoms with Crippen molar-refractivity contribution in [2.75, 3.05) is 13.0 Å². The molecule has 1 aliphatic rings. The molecular formula is C11H8N2O3S2. The molecule has 0 bridgehead atoms. The number of nitrogens with zero attached hydrogens (tertiary/aromatic N) is 2. The van der Waals surface area contributed by atoms with Crippen LogP contribution in [-0.2, 0) is 0 Å². The number of hydrogen-bond donors (Lipinski definition) is 0. The zero-order chi connectivity index (χ0) is 12.5. The van der Waals surface area contributed by atoms with Crippen LogP contribution in [0.3, 0.4) is 0 Å². The van der Waals surface area contributed by atoms with Gasteiger partial charge in [-0.25, -0.2) is 0 Å². The SMILES string of the molecule is CSc1snnc1C(=O)c1ccc2c(c1)OCO2. The summed E-state index contributed by atoms with van der Waals surface area (Å²) in [5.74, 6) is 1.11. The van der Waals surface area contributed by atoms with Gasteiger partial charge >= 0.3 is 0 Å². The number of ether oxygens (including phenoxy) is 2. The minimum absolute atomic E-state index is 0.147. The van der Waals surface area contributed by atoms with Gasteiger partial charge in [0.25, 0.3) is 0 Å². The molecule has 2 aromatic rings. The van der Waals surface area contributed by atoms with Crippen LogP contribution in [0.4, 0.5) is 0 Å². The highest BCUT2D eigenvalue weighted by Gasteiger charge is 2.21. The summed E-state index contributed by atoms with van der Waals surface area (Å²) in [7, 11) is 0. The number of aromatic nitrogens is 2. The third-order valence-corrected chi connectivity index (χ3v) is 4.30. The summed E-state index contributed by atoms with van der Waals surface area (Å²) >= 11 is 2.69. The molecule has 0 radical (unpaired) electrons. The molecule has 18 heavy (non-hydrogen) atoms. The molecule has 0 fully saturated rings. The maximum absolute atomic E-state index is 12.3. The molecule has 0 amide bonds. The number of ketones is 1. The zero-order valence-electron chi connectivity index (χ0n) is 9.37. The largest absolute Gasteiger partial charge is 0.454 e. The lowest BCUT2D eigenvalue weighted by Gasteiger charge is -2.01. The van der Waals surface area contributed by atoms with Gasteiger partial charge in [0.1, 0.15) is 4.21 Å². The normalized spacial score (nSPS) is 12.7. The van der Waals surface area contributed by atoms with Crippen LogP contribution < -0.4 is 9.47 Å². The van der Waals surface area contributed by atoms with Crippen LogP contribution in [0.5, 0.6) is 11.5 Å². The molecule has 0 atom stereocenters. The Morgan fingerprint density at radius 1 is 1.39 bits per heavy atom. The van der Waals surface area contributed by atoms with Crippen LogP contribution in [0, 0.1) is 0 Å². The Kier molecular flexibility index (Phi) is 2.92. The van der Waals surface area contributed by atoms with Crippen molar-refractivity contribution in [3.05, 3.63) is 29.5 Å². The van der Waals surface area contributed by atoms with E-state index < -0.39 is 0 Å². The summed E-state index contributed by atoms with van der Waals surface area (Å²) in [5.41, 5.74) is 0.925. The van der Waals surface area contributed by atoms with Gasteiger partial charge in [-0.1, -0.05) is 4.49 Å². The summed E-state index contributed by atoms with van der Waals surface area (Å²) in [6.45, 7) is 0.196. The van der Waals surface area contributed by atoms with E-state index in [1.807, 2.05) is 6.26 Å². The lowest BCUT2D eigenvalue weighted by atomic mass is 10.1. The number of rotatable bonds is 3. The van der Waals surface area contributed by atoms with E-state index in [1.54, 1.807) is 18.2 Å². The van der Waals surface area contributed by atoms with E-state index in [0.29, 0.717) is 22.8 Å². The highest BCUT2D eigenvalue weighted by molar-refractivity contribution is 8.00. The fourth-order valence-electron chi connectivity index (χ4n) is 1.63. The molecule has 0 N–H and O–H groups in total. The molecule has 92 valence electrons. The first kappa shape index (κ1) is 11.5. The minimum atomic E-state index is -0.147. The molecule has 0 aliphatic carbocycles. The Morgan fingerprint density at radius 2 is 2.22 bits per heavy atom. The van der Waals surface area contributed by atoms with E-state index in [2.05, 4.69) is 9.59 Å². The second kappa shape index (κ2) is 4.58. The monoisotopic (exact) mass is 280 g/mol. The molecule has 2 heterocycles. The maximum Gasteiger partial charge on any atom is 0.231 e. The van der Waals surface area contributed by atoms with Crippen molar-refractivity contribution < 1.29 is 14.3 Å². The van der Waals surface area contributed by atoms with Crippen molar-refractivity contribution in [2.24, 2.45) is 0 Å². The van der Waals surface area contributed by atoms with Crippen LogP contribution >= 0.6 is 23.3 Å². The molecule has 1 aliphatic heterocycles. The second-order valence-electron chi connectivity index (χ2n) is 3.51. The Bertz CT molecular complexity index is 612. The molecule has 7 heteroatoms. The van der Waals surface area contributed by atoms with Gasteiger partial charge in [0.2, 0.25) is 12.6 Å². The zero-order valence-corrected chi connectivity index (χ0v) is 11.0. The van der Waals surface area contributed by atoms with Crippen molar-refractivity contribution in [3.8, 4) is 11.5 Å². The first-order chi connectivity index (χ1) is 8.79. The number of carbonyl (C=O) groups is 1. The van der Waals surface area contributed by atoms with Crippen molar-refractivity contribution in [1.29, 1.82) is 0 Å². The summed E-state index contributed by atoms with van der Waals surface area (Å²) in [6, 6.07) is 5.11. The molecule has 0 saturated carbocycles. The van der Waals surface area contributed by atoms with Crippen molar-refractivity contribution in [1.82, 2.24) is 9.59 Å². The summed E-state index contributed by atoms with van der Waals surface area (Å²) in [4.78, 5) is 12.3. The first-order valence-corrected chi connectivity index (χ1v) is 7.10. The first-order valence-electron chi connectivity index (χ1n) is 5.10. The minimum Gasteiger partial charge on any atom is -0.454 e. The third-order valence-electron chi connectivity index (χ3n) is 2.49. The van der Waals surface area contributed by atoms with Gasteiger partial charge in [-0.3, -0.25) is 4.79 Å². The summed E-state index contributed by atoms with van der Waals surface area (Å²) in [6.07, 6.45) is 1.89. The van der Waals surface area contributed by atoms with Crippen LogP contribution in [0.25, 0.3) is 0 Å². The van der Waals surface area contributed by atoms with E-state index in [9.17, 15) is 4.79 Å². The maximum atomic E-state index is 12.3. The van der Waals surface area contributed by atoms with E-state index in [1.165, 1.54) is 23.3 Å². The van der Waals surface area contributed by atoms with Crippen LogP contribution in [0.15, 0.2) is 22.4 Å². The number of fused-ring (bicyclic) bond motifs is 1. The summed E-state index contributed by atoms with van der Waals surface area (Å²) in [5, 5.41) is 3.88. The third kappa shape index (κ3) is 1.85. The quantitative estimate of drug-likeness (QED) is 0.634. The average molecular weight is 280 g/mol. The fourth-order valence-corrected chi connectivity index (χ4v) is 2.77. The predicted molar refractivity (Wildman–Crippen MR) is 67.7 cm³/mol. The number of thioether (sulfide) groups is 1. The standard InChI is InChI=1S/C11H8N2O3S2/c1-17-11-9(12-13-18-11)10(14)6-2-3-7-8(4-6)16-5-15-7/h2-4H,5H2,1H3. The molecular weight excluding hydrogens is 272 g/mol. The Hall–Kier alpha value is -1.60. The molecule has 1 aromatic heterocycles.